The van der Waals surface area contributed by atoms with Gasteiger partial charge < -0.3 is 9.64 Å². The number of rotatable bonds is 3. The van der Waals surface area contributed by atoms with Crippen LogP contribution in [-0.2, 0) is 4.74 Å². The fourth-order valence-corrected chi connectivity index (χ4v) is 3.87. The minimum Gasteiger partial charge on any atom is -0.379 e. The van der Waals surface area contributed by atoms with Gasteiger partial charge in [0.15, 0.2) is 0 Å². The average Bonchev–Trinajstić information content (AvgIpc) is 2.69. The second-order valence-corrected chi connectivity index (χ2v) is 6.97. The highest BCUT2D eigenvalue weighted by atomic mass is 16.5. The molecule has 138 valence electrons. The number of likely N-dealkylation sites (tertiary alicyclic amines) is 1. The molecular formula is C19H24N4O3. The lowest BCUT2D eigenvalue weighted by Crippen LogP contribution is -2.52. The zero-order valence-electron chi connectivity index (χ0n) is 14.8. The van der Waals surface area contributed by atoms with E-state index in [1.54, 1.807) is 18.3 Å². The average molecular weight is 356 g/mol. The zero-order valence-corrected chi connectivity index (χ0v) is 14.8. The van der Waals surface area contributed by atoms with Gasteiger partial charge in [0.25, 0.3) is 11.5 Å². The van der Waals surface area contributed by atoms with E-state index in [4.69, 9.17) is 4.74 Å². The molecule has 0 N–H and O–H groups in total. The monoisotopic (exact) mass is 356 g/mol. The smallest absolute Gasteiger partial charge is 0.270 e. The van der Waals surface area contributed by atoms with Gasteiger partial charge in [-0.15, -0.1) is 0 Å². The van der Waals surface area contributed by atoms with E-state index < -0.39 is 0 Å². The normalized spacial score (nSPS) is 21.8. The molecule has 26 heavy (non-hydrogen) atoms. The molecule has 1 amide bonds. The molecule has 2 fully saturated rings. The third kappa shape index (κ3) is 3.37. The highest BCUT2D eigenvalue weighted by Crippen LogP contribution is 2.20. The molecule has 7 heteroatoms. The van der Waals surface area contributed by atoms with Gasteiger partial charge in [-0.25, -0.2) is 4.98 Å². The summed E-state index contributed by atoms with van der Waals surface area (Å²) >= 11 is 0. The number of hydrogen-bond acceptors (Lipinski definition) is 5. The third-order valence-electron chi connectivity index (χ3n) is 5.30. The van der Waals surface area contributed by atoms with Gasteiger partial charge in [0.1, 0.15) is 11.2 Å². The van der Waals surface area contributed by atoms with Crippen LogP contribution in [0.5, 0.6) is 0 Å². The van der Waals surface area contributed by atoms with Crippen molar-refractivity contribution in [3.05, 3.63) is 46.5 Å². The Balaban J connectivity index is 1.58. The van der Waals surface area contributed by atoms with Crippen molar-refractivity contribution < 1.29 is 9.53 Å². The van der Waals surface area contributed by atoms with Crippen molar-refractivity contribution in [2.24, 2.45) is 0 Å². The molecule has 0 spiro atoms. The Bertz CT molecular complexity index is 844. The molecule has 0 radical (unpaired) electrons. The molecule has 2 aromatic rings. The summed E-state index contributed by atoms with van der Waals surface area (Å²) in [5.41, 5.74) is 0.413. The standard InChI is InChI=1S/C19H24N4O3/c24-18(16-13-20-17-6-2-4-8-23(17)19(16)25)22-7-3-1-5-15(22)14-21-9-11-26-12-10-21/h2,4,6,8,13,15H,1,3,5,7,9-12,14H2/t15-/m0/s1. The first kappa shape index (κ1) is 17.2. The summed E-state index contributed by atoms with van der Waals surface area (Å²) < 4.78 is 6.85. The lowest BCUT2D eigenvalue weighted by Gasteiger charge is -2.39. The maximum Gasteiger partial charge on any atom is 0.270 e. The van der Waals surface area contributed by atoms with Gasteiger partial charge in [0.2, 0.25) is 0 Å². The number of morpholine rings is 1. The first-order valence-corrected chi connectivity index (χ1v) is 9.31. The minimum absolute atomic E-state index is 0.144. The Morgan fingerprint density at radius 2 is 2.04 bits per heavy atom. The number of amides is 1. The lowest BCUT2D eigenvalue weighted by atomic mass is 10.0. The van der Waals surface area contributed by atoms with Crippen molar-refractivity contribution in [1.82, 2.24) is 19.2 Å². The Hall–Kier alpha value is -2.25. The molecule has 7 nitrogen and oxygen atoms in total. The first-order valence-electron chi connectivity index (χ1n) is 9.31. The van der Waals surface area contributed by atoms with Crippen LogP contribution in [0.1, 0.15) is 29.6 Å². The Morgan fingerprint density at radius 3 is 2.88 bits per heavy atom. The molecule has 2 aliphatic heterocycles. The highest BCUT2D eigenvalue weighted by molar-refractivity contribution is 5.94. The fourth-order valence-electron chi connectivity index (χ4n) is 3.87. The number of ether oxygens (including phenoxy) is 1. The molecule has 2 saturated heterocycles. The highest BCUT2D eigenvalue weighted by Gasteiger charge is 2.31. The van der Waals surface area contributed by atoms with Crippen LogP contribution in [0.25, 0.3) is 5.65 Å². The van der Waals surface area contributed by atoms with Crippen LogP contribution >= 0.6 is 0 Å². The molecular weight excluding hydrogens is 332 g/mol. The van der Waals surface area contributed by atoms with E-state index in [1.807, 2.05) is 11.0 Å². The number of aromatic nitrogens is 2. The summed E-state index contributed by atoms with van der Waals surface area (Å²) in [5, 5.41) is 0. The molecule has 4 heterocycles. The van der Waals surface area contributed by atoms with Gasteiger partial charge in [0.05, 0.1) is 13.2 Å². The predicted molar refractivity (Wildman–Crippen MR) is 97.4 cm³/mol. The van der Waals surface area contributed by atoms with Crippen molar-refractivity contribution in [2.45, 2.75) is 25.3 Å². The number of hydrogen-bond donors (Lipinski definition) is 0. The van der Waals surface area contributed by atoms with Gasteiger partial charge in [-0.1, -0.05) is 6.07 Å². The summed E-state index contributed by atoms with van der Waals surface area (Å²) in [4.78, 5) is 34.4. The van der Waals surface area contributed by atoms with Gasteiger partial charge in [-0.3, -0.25) is 18.9 Å². The van der Waals surface area contributed by atoms with Crippen molar-refractivity contribution >= 4 is 11.6 Å². The number of carbonyl (C=O) groups excluding carboxylic acids is 1. The van der Waals surface area contributed by atoms with E-state index in [2.05, 4.69) is 9.88 Å². The quantitative estimate of drug-likeness (QED) is 0.821. The van der Waals surface area contributed by atoms with E-state index in [1.165, 1.54) is 10.6 Å². The minimum atomic E-state index is -0.295. The SMILES string of the molecule is O=C(c1cnc2ccccn2c1=O)N1CCCC[C@H]1CN1CCOCC1. The maximum atomic E-state index is 13.1. The summed E-state index contributed by atoms with van der Waals surface area (Å²) in [6.07, 6.45) is 6.16. The van der Waals surface area contributed by atoms with Crippen LogP contribution in [0.4, 0.5) is 0 Å². The second kappa shape index (κ2) is 7.55. The second-order valence-electron chi connectivity index (χ2n) is 6.97. The van der Waals surface area contributed by atoms with E-state index in [0.29, 0.717) is 12.2 Å². The van der Waals surface area contributed by atoms with E-state index in [9.17, 15) is 9.59 Å². The van der Waals surface area contributed by atoms with Gasteiger partial charge in [-0.05, 0) is 31.4 Å². The van der Waals surface area contributed by atoms with Crippen LogP contribution in [0.3, 0.4) is 0 Å². The van der Waals surface area contributed by atoms with E-state index >= 15 is 0 Å². The molecule has 0 bridgehead atoms. The van der Waals surface area contributed by atoms with E-state index in [-0.39, 0.29) is 23.1 Å². The van der Waals surface area contributed by atoms with E-state index in [0.717, 1.165) is 52.1 Å². The molecule has 0 aromatic carbocycles. The number of carbonyl (C=O) groups is 1. The number of nitrogens with zero attached hydrogens (tertiary/aromatic N) is 4. The fraction of sp³-hybridized carbons (Fsp3) is 0.526. The zero-order chi connectivity index (χ0) is 17.9. The molecule has 2 aromatic heterocycles. The Kier molecular flexibility index (Phi) is 4.99. The molecule has 0 aliphatic carbocycles. The van der Waals surface area contributed by atoms with Crippen molar-refractivity contribution in [2.75, 3.05) is 39.4 Å². The summed E-state index contributed by atoms with van der Waals surface area (Å²) in [6.45, 7) is 4.84. The summed E-state index contributed by atoms with van der Waals surface area (Å²) in [7, 11) is 0. The molecule has 2 aliphatic rings. The van der Waals surface area contributed by atoms with Crippen molar-refractivity contribution in [3.8, 4) is 0 Å². The van der Waals surface area contributed by atoms with Gasteiger partial charge >= 0.3 is 0 Å². The molecule has 1 atom stereocenters. The van der Waals surface area contributed by atoms with Crippen LogP contribution in [0, 0.1) is 0 Å². The topological polar surface area (TPSA) is 67.2 Å². The molecule has 0 unspecified atom stereocenters. The van der Waals surface area contributed by atoms with Crippen LogP contribution in [-0.4, -0.2) is 70.5 Å². The van der Waals surface area contributed by atoms with Gasteiger partial charge in [-0.2, -0.15) is 0 Å². The Morgan fingerprint density at radius 1 is 1.19 bits per heavy atom. The summed E-state index contributed by atoms with van der Waals surface area (Å²) in [6, 6.07) is 5.50. The Labute approximate surface area is 152 Å². The van der Waals surface area contributed by atoms with Crippen LogP contribution in [0.15, 0.2) is 35.4 Å². The van der Waals surface area contributed by atoms with Crippen molar-refractivity contribution in [1.29, 1.82) is 0 Å². The number of pyridine rings is 1. The molecule has 4 rings (SSSR count). The first-order chi connectivity index (χ1) is 12.7. The lowest BCUT2D eigenvalue weighted by molar-refractivity contribution is 0.0165. The maximum absolute atomic E-state index is 13.1. The number of fused-ring (bicyclic) bond motifs is 1. The summed E-state index contributed by atoms with van der Waals surface area (Å²) in [5.74, 6) is -0.196. The van der Waals surface area contributed by atoms with Crippen molar-refractivity contribution in [3.63, 3.8) is 0 Å². The predicted octanol–water partition coefficient (Wildman–Crippen LogP) is 1.02. The van der Waals surface area contributed by atoms with Gasteiger partial charge in [0, 0.05) is 44.6 Å². The van der Waals surface area contributed by atoms with Crippen LogP contribution in [0.2, 0.25) is 0 Å². The molecule has 0 saturated carbocycles. The largest absolute Gasteiger partial charge is 0.379 e. The number of piperidine rings is 1. The van der Waals surface area contributed by atoms with Crippen LogP contribution < -0.4 is 5.56 Å². The third-order valence-corrected chi connectivity index (χ3v) is 5.30.